The molecule has 1 unspecified atom stereocenters. The van der Waals surface area contributed by atoms with E-state index in [1.165, 1.54) is 12.0 Å². The van der Waals surface area contributed by atoms with Crippen molar-refractivity contribution in [2.75, 3.05) is 11.4 Å². The van der Waals surface area contributed by atoms with E-state index in [4.69, 9.17) is 4.52 Å². The van der Waals surface area contributed by atoms with Crippen LogP contribution in [0.15, 0.2) is 23.2 Å². The van der Waals surface area contributed by atoms with Gasteiger partial charge in [0.25, 0.3) is 5.71 Å². The summed E-state index contributed by atoms with van der Waals surface area (Å²) in [6.07, 6.45) is 8.86. The molecule has 0 saturated carbocycles. The van der Waals surface area contributed by atoms with Gasteiger partial charge in [-0.1, -0.05) is 5.16 Å². The van der Waals surface area contributed by atoms with E-state index in [1.54, 1.807) is 6.33 Å². The molecular weight excluding hydrogens is 268 g/mol. The lowest BCUT2D eigenvalue weighted by molar-refractivity contribution is 0.442. The molecule has 7 nitrogen and oxygen atoms in total. The topological polar surface area (TPSA) is 83.7 Å². The molecule has 3 aromatic rings. The quantitative estimate of drug-likeness (QED) is 0.777. The van der Waals surface area contributed by atoms with Gasteiger partial charge < -0.3 is 9.42 Å². The van der Waals surface area contributed by atoms with Crippen LogP contribution in [-0.4, -0.2) is 31.9 Å². The zero-order chi connectivity index (χ0) is 14.2. The molecule has 0 aliphatic carbocycles. The maximum absolute atomic E-state index is 5.26. The van der Waals surface area contributed by atoms with Gasteiger partial charge >= 0.3 is 0 Å². The number of aromatic nitrogens is 5. The second-order valence-electron chi connectivity index (χ2n) is 5.38. The van der Waals surface area contributed by atoms with E-state index in [9.17, 15) is 0 Å². The molecule has 0 amide bonds. The average molecular weight is 284 g/mol. The van der Waals surface area contributed by atoms with Crippen LogP contribution in [0.5, 0.6) is 0 Å². The first kappa shape index (κ1) is 12.3. The Morgan fingerprint density at radius 1 is 1.33 bits per heavy atom. The standard InChI is InChI=1S/C14H16N6O/c1-9-12-13(15-8-16-14(12)21-19-9)20-5-3-2-4-11(20)10-6-17-18-7-10/h6-8,11H,2-5H2,1H3,(H,17,18). The third kappa shape index (κ3) is 1.96. The van der Waals surface area contributed by atoms with Crippen molar-refractivity contribution in [1.82, 2.24) is 25.3 Å². The molecule has 4 rings (SSSR count). The molecule has 1 N–H and O–H groups in total. The summed E-state index contributed by atoms with van der Waals surface area (Å²) in [5.41, 5.74) is 2.57. The van der Waals surface area contributed by atoms with Crippen molar-refractivity contribution in [1.29, 1.82) is 0 Å². The normalized spacial score (nSPS) is 19.3. The number of aromatic amines is 1. The summed E-state index contributed by atoms with van der Waals surface area (Å²) in [5.74, 6) is 0.907. The lowest BCUT2D eigenvalue weighted by Crippen LogP contribution is -2.34. The second kappa shape index (κ2) is 4.83. The number of aryl methyl sites for hydroxylation is 1. The SMILES string of the molecule is Cc1noc2ncnc(N3CCCCC3c3cn[nH]c3)c12. The molecule has 1 saturated heterocycles. The number of hydrogen-bond acceptors (Lipinski definition) is 6. The first-order chi connectivity index (χ1) is 10.3. The van der Waals surface area contributed by atoms with E-state index < -0.39 is 0 Å². The van der Waals surface area contributed by atoms with Gasteiger partial charge in [0, 0.05) is 18.3 Å². The number of nitrogens with one attached hydrogen (secondary N) is 1. The Labute approximate surface area is 121 Å². The van der Waals surface area contributed by atoms with Crippen LogP contribution in [0.3, 0.4) is 0 Å². The van der Waals surface area contributed by atoms with Gasteiger partial charge in [-0.3, -0.25) is 5.10 Å². The number of piperidine rings is 1. The van der Waals surface area contributed by atoms with Gasteiger partial charge in [-0.15, -0.1) is 0 Å². The summed E-state index contributed by atoms with van der Waals surface area (Å²) in [4.78, 5) is 11.0. The highest BCUT2D eigenvalue weighted by Gasteiger charge is 2.28. The zero-order valence-corrected chi connectivity index (χ0v) is 11.8. The fourth-order valence-electron chi connectivity index (χ4n) is 3.10. The summed E-state index contributed by atoms with van der Waals surface area (Å²) < 4.78 is 5.26. The van der Waals surface area contributed by atoms with Crippen molar-refractivity contribution < 1.29 is 4.52 Å². The van der Waals surface area contributed by atoms with Gasteiger partial charge in [-0.05, 0) is 26.2 Å². The highest BCUT2D eigenvalue weighted by Crippen LogP contribution is 2.37. The molecule has 7 heteroatoms. The van der Waals surface area contributed by atoms with Gasteiger partial charge in [-0.25, -0.2) is 4.98 Å². The molecular formula is C14H16N6O. The second-order valence-corrected chi connectivity index (χ2v) is 5.38. The summed E-state index contributed by atoms with van der Waals surface area (Å²) in [6.45, 7) is 2.89. The molecule has 0 spiro atoms. The fraction of sp³-hybridized carbons (Fsp3) is 0.429. The minimum absolute atomic E-state index is 0.282. The lowest BCUT2D eigenvalue weighted by atomic mass is 9.97. The average Bonchev–Trinajstić information content (AvgIpc) is 3.18. The van der Waals surface area contributed by atoms with Crippen LogP contribution in [0.4, 0.5) is 5.82 Å². The van der Waals surface area contributed by atoms with Crippen LogP contribution in [0, 0.1) is 6.92 Å². The van der Waals surface area contributed by atoms with Crippen molar-refractivity contribution >= 4 is 16.9 Å². The molecule has 3 aromatic heterocycles. The van der Waals surface area contributed by atoms with E-state index >= 15 is 0 Å². The van der Waals surface area contributed by atoms with E-state index in [2.05, 4.69) is 30.2 Å². The third-order valence-electron chi connectivity index (χ3n) is 4.10. The van der Waals surface area contributed by atoms with Gasteiger partial charge in [0.15, 0.2) is 0 Å². The van der Waals surface area contributed by atoms with E-state index in [1.807, 2.05) is 19.3 Å². The van der Waals surface area contributed by atoms with Crippen LogP contribution < -0.4 is 4.90 Å². The Balaban J connectivity index is 1.83. The molecule has 1 fully saturated rings. The largest absolute Gasteiger partial charge is 0.349 e. The summed E-state index contributed by atoms with van der Waals surface area (Å²) in [7, 11) is 0. The highest BCUT2D eigenvalue weighted by molar-refractivity contribution is 5.88. The van der Waals surface area contributed by atoms with Crippen molar-refractivity contribution in [2.24, 2.45) is 0 Å². The maximum Gasteiger partial charge on any atom is 0.263 e. The molecule has 0 aromatic carbocycles. The van der Waals surface area contributed by atoms with Gasteiger partial charge in [-0.2, -0.15) is 10.1 Å². The van der Waals surface area contributed by atoms with E-state index in [0.717, 1.165) is 36.3 Å². The minimum atomic E-state index is 0.282. The smallest absolute Gasteiger partial charge is 0.263 e. The number of H-pyrrole nitrogens is 1. The molecule has 0 bridgehead atoms. The van der Waals surface area contributed by atoms with Gasteiger partial charge in [0.2, 0.25) is 0 Å². The van der Waals surface area contributed by atoms with E-state index in [-0.39, 0.29) is 6.04 Å². The highest BCUT2D eigenvalue weighted by atomic mass is 16.5. The Kier molecular flexibility index (Phi) is 2.83. The molecule has 21 heavy (non-hydrogen) atoms. The van der Waals surface area contributed by atoms with Crippen molar-refractivity contribution in [3.63, 3.8) is 0 Å². The Bertz CT molecular complexity index is 750. The number of hydrogen-bond donors (Lipinski definition) is 1. The first-order valence-electron chi connectivity index (χ1n) is 7.17. The van der Waals surface area contributed by atoms with Crippen molar-refractivity contribution in [2.45, 2.75) is 32.2 Å². The molecule has 4 heterocycles. The first-order valence-corrected chi connectivity index (χ1v) is 7.17. The third-order valence-corrected chi connectivity index (χ3v) is 4.10. The van der Waals surface area contributed by atoms with Crippen LogP contribution in [0.1, 0.15) is 36.6 Å². The zero-order valence-electron chi connectivity index (χ0n) is 11.8. The summed E-state index contributed by atoms with van der Waals surface area (Å²) in [6, 6.07) is 0.282. The van der Waals surface area contributed by atoms with Crippen LogP contribution in [-0.2, 0) is 0 Å². The predicted molar refractivity (Wildman–Crippen MR) is 76.9 cm³/mol. The number of anilines is 1. The number of fused-ring (bicyclic) bond motifs is 1. The maximum atomic E-state index is 5.26. The van der Waals surface area contributed by atoms with Crippen molar-refractivity contribution in [3.05, 3.63) is 30.0 Å². The molecule has 1 atom stereocenters. The van der Waals surface area contributed by atoms with Gasteiger partial charge in [0.1, 0.15) is 17.5 Å². The van der Waals surface area contributed by atoms with Crippen molar-refractivity contribution in [3.8, 4) is 0 Å². The number of rotatable bonds is 2. The minimum Gasteiger partial charge on any atom is -0.349 e. The monoisotopic (exact) mass is 284 g/mol. The molecule has 1 aliphatic rings. The van der Waals surface area contributed by atoms with Gasteiger partial charge in [0.05, 0.1) is 17.9 Å². The lowest BCUT2D eigenvalue weighted by Gasteiger charge is -2.36. The summed E-state index contributed by atoms with van der Waals surface area (Å²) in [5, 5.41) is 11.9. The van der Waals surface area contributed by atoms with Crippen LogP contribution in [0.2, 0.25) is 0 Å². The Hall–Kier alpha value is -2.44. The number of nitrogens with zero attached hydrogens (tertiary/aromatic N) is 5. The Morgan fingerprint density at radius 3 is 3.14 bits per heavy atom. The van der Waals surface area contributed by atoms with Crippen LogP contribution >= 0.6 is 0 Å². The molecule has 108 valence electrons. The Morgan fingerprint density at radius 2 is 2.29 bits per heavy atom. The predicted octanol–water partition coefficient (Wildman–Crippen LogP) is 2.38. The summed E-state index contributed by atoms with van der Waals surface area (Å²) >= 11 is 0. The molecule has 1 aliphatic heterocycles. The molecule has 0 radical (unpaired) electrons. The van der Waals surface area contributed by atoms with Crippen LogP contribution in [0.25, 0.3) is 11.1 Å². The van der Waals surface area contributed by atoms with E-state index in [0.29, 0.717) is 5.71 Å². The fourth-order valence-corrected chi connectivity index (χ4v) is 3.10.